The summed E-state index contributed by atoms with van der Waals surface area (Å²) in [6.07, 6.45) is -1.51. The molecule has 0 bridgehead atoms. The van der Waals surface area contributed by atoms with Gasteiger partial charge in [-0.1, -0.05) is 0 Å². The third-order valence-electron chi connectivity index (χ3n) is 1.07. The van der Waals surface area contributed by atoms with E-state index in [1.165, 1.54) is 6.92 Å². The molecule has 0 radical (unpaired) electrons. The maximum atomic E-state index is 11.1. The molecular formula is C7H14N2O5S. The molecule has 0 aliphatic carbocycles. The zero-order valence-electron chi connectivity index (χ0n) is 8.73. The number of amides is 1. The van der Waals surface area contributed by atoms with Crippen molar-refractivity contribution < 1.29 is 22.7 Å². The van der Waals surface area contributed by atoms with Gasteiger partial charge in [-0.25, -0.2) is 9.52 Å². The van der Waals surface area contributed by atoms with Crippen molar-refractivity contribution in [2.24, 2.45) is 0 Å². The lowest BCUT2D eigenvalue weighted by atomic mass is 10.5. The quantitative estimate of drug-likeness (QED) is 0.675. The van der Waals surface area contributed by atoms with Crippen molar-refractivity contribution in [3.05, 3.63) is 0 Å². The van der Waals surface area contributed by atoms with Crippen molar-refractivity contribution >= 4 is 22.1 Å². The van der Waals surface area contributed by atoms with Crippen molar-refractivity contribution in [3.8, 4) is 0 Å². The molecule has 0 saturated carbocycles. The van der Waals surface area contributed by atoms with E-state index in [2.05, 4.69) is 4.74 Å². The lowest BCUT2D eigenvalue weighted by Crippen LogP contribution is -2.42. The van der Waals surface area contributed by atoms with E-state index in [0.717, 1.165) is 0 Å². The van der Waals surface area contributed by atoms with Gasteiger partial charge in [-0.05, 0) is 20.8 Å². The van der Waals surface area contributed by atoms with Crippen molar-refractivity contribution in [1.29, 1.82) is 0 Å². The van der Waals surface area contributed by atoms with Crippen LogP contribution in [0.1, 0.15) is 20.8 Å². The Morgan fingerprint density at radius 1 is 1.33 bits per heavy atom. The molecule has 7 nitrogen and oxygen atoms in total. The second kappa shape index (κ2) is 5.66. The summed E-state index contributed by atoms with van der Waals surface area (Å²) >= 11 is 0. The summed E-state index contributed by atoms with van der Waals surface area (Å²) in [6.45, 7) is 4.00. The summed E-state index contributed by atoms with van der Waals surface area (Å²) in [5.74, 6) is -0.363. The van der Waals surface area contributed by atoms with E-state index in [-0.39, 0.29) is 12.3 Å². The maximum Gasteiger partial charge on any atom is 0.422 e. The molecule has 0 aliphatic rings. The van der Waals surface area contributed by atoms with E-state index in [1.54, 1.807) is 18.6 Å². The van der Waals surface area contributed by atoms with Gasteiger partial charge < -0.3 is 4.74 Å². The lowest BCUT2D eigenvalue weighted by Gasteiger charge is -2.09. The predicted octanol–water partition coefficient (Wildman–Crippen LogP) is -0.456. The summed E-state index contributed by atoms with van der Waals surface area (Å²) in [7, 11) is -4.02. The fourth-order valence-corrected chi connectivity index (χ4v) is 1.31. The SMILES string of the molecule is CC(=O)CNS(=O)(=O)NC(=O)OC(C)C. The van der Waals surface area contributed by atoms with Gasteiger partial charge in [0.1, 0.15) is 5.78 Å². The highest BCUT2D eigenvalue weighted by Crippen LogP contribution is 1.89. The Bertz CT molecular complexity index is 335. The molecule has 0 spiro atoms. The van der Waals surface area contributed by atoms with Crippen molar-refractivity contribution in [2.45, 2.75) is 26.9 Å². The highest BCUT2D eigenvalue weighted by Gasteiger charge is 2.16. The standard InChI is InChI=1S/C7H14N2O5S/c1-5(2)14-7(11)9-15(12,13)8-4-6(3)10/h5,8H,4H2,1-3H3,(H,9,11). The molecule has 0 unspecified atom stereocenters. The zero-order valence-corrected chi connectivity index (χ0v) is 9.55. The number of nitrogens with one attached hydrogen (secondary N) is 2. The van der Waals surface area contributed by atoms with Crippen molar-refractivity contribution in [1.82, 2.24) is 9.44 Å². The maximum absolute atomic E-state index is 11.1. The molecule has 0 aliphatic heterocycles. The van der Waals surface area contributed by atoms with Crippen LogP contribution in [0.3, 0.4) is 0 Å². The van der Waals surface area contributed by atoms with Crippen molar-refractivity contribution in [2.75, 3.05) is 6.54 Å². The molecule has 0 aromatic carbocycles. The van der Waals surface area contributed by atoms with Gasteiger partial charge in [-0.3, -0.25) is 4.79 Å². The molecule has 0 rings (SSSR count). The predicted molar refractivity (Wildman–Crippen MR) is 52.4 cm³/mol. The molecule has 0 atom stereocenters. The Kier molecular flexibility index (Phi) is 5.23. The number of Topliss-reactive ketones (excluding diaryl/α,β-unsaturated/α-hetero) is 1. The van der Waals surface area contributed by atoms with Gasteiger partial charge in [0.2, 0.25) is 0 Å². The minimum absolute atomic E-state index is 0.363. The third kappa shape index (κ3) is 7.89. The molecule has 0 fully saturated rings. The summed E-state index contributed by atoms with van der Waals surface area (Å²) < 4.78 is 30.1. The molecule has 2 N–H and O–H groups in total. The normalized spacial score (nSPS) is 11.2. The van der Waals surface area contributed by atoms with Gasteiger partial charge in [0.05, 0.1) is 12.6 Å². The fraction of sp³-hybridized carbons (Fsp3) is 0.714. The van der Waals surface area contributed by atoms with Crippen LogP contribution in [-0.4, -0.2) is 32.9 Å². The van der Waals surface area contributed by atoms with Crippen LogP contribution in [0.15, 0.2) is 0 Å². The lowest BCUT2D eigenvalue weighted by molar-refractivity contribution is -0.115. The van der Waals surface area contributed by atoms with Crippen LogP contribution in [0.5, 0.6) is 0 Å². The minimum Gasteiger partial charge on any atom is -0.446 e. The van der Waals surface area contributed by atoms with E-state index < -0.39 is 22.4 Å². The summed E-state index contributed by atoms with van der Waals surface area (Å²) in [4.78, 5) is 21.4. The van der Waals surface area contributed by atoms with Crippen LogP contribution in [0, 0.1) is 0 Å². The number of hydrogen-bond donors (Lipinski definition) is 2. The molecule has 8 heteroatoms. The Hall–Kier alpha value is -1.15. The monoisotopic (exact) mass is 238 g/mol. The van der Waals surface area contributed by atoms with Crippen LogP contribution in [0.2, 0.25) is 0 Å². The average Bonchev–Trinajstić information content (AvgIpc) is 1.98. The minimum atomic E-state index is -4.02. The van der Waals surface area contributed by atoms with Gasteiger partial charge in [0, 0.05) is 0 Å². The first-order valence-electron chi connectivity index (χ1n) is 4.20. The summed E-state index contributed by atoms with van der Waals surface area (Å²) in [6, 6.07) is 0. The van der Waals surface area contributed by atoms with Gasteiger partial charge in [-0.15, -0.1) is 0 Å². The first kappa shape index (κ1) is 13.8. The number of carbonyl (C=O) groups is 2. The van der Waals surface area contributed by atoms with Crippen molar-refractivity contribution in [3.63, 3.8) is 0 Å². The Labute approximate surface area is 88.4 Å². The molecule has 0 saturated heterocycles. The first-order valence-corrected chi connectivity index (χ1v) is 5.68. The van der Waals surface area contributed by atoms with E-state index in [9.17, 15) is 18.0 Å². The number of rotatable bonds is 5. The molecule has 15 heavy (non-hydrogen) atoms. The highest BCUT2D eigenvalue weighted by molar-refractivity contribution is 7.88. The second-order valence-electron chi connectivity index (χ2n) is 3.08. The van der Waals surface area contributed by atoms with Crippen LogP contribution in [0.4, 0.5) is 4.79 Å². The average molecular weight is 238 g/mol. The number of ether oxygens (including phenoxy) is 1. The van der Waals surface area contributed by atoms with Gasteiger partial charge in [0.15, 0.2) is 0 Å². The van der Waals surface area contributed by atoms with E-state index in [1.807, 2.05) is 4.72 Å². The first-order chi connectivity index (χ1) is 6.73. The molecule has 88 valence electrons. The highest BCUT2D eigenvalue weighted by atomic mass is 32.2. The van der Waals surface area contributed by atoms with E-state index >= 15 is 0 Å². The van der Waals surface area contributed by atoms with E-state index in [4.69, 9.17) is 0 Å². The summed E-state index contributed by atoms with van der Waals surface area (Å²) in [5, 5.41) is 0. The topological polar surface area (TPSA) is 102 Å². The molecule has 1 amide bonds. The third-order valence-corrected chi connectivity index (χ3v) is 2.03. The second-order valence-corrected chi connectivity index (χ2v) is 4.58. The van der Waals surface area contributed by atoms with Crippen LogP contribution in [0.25, 0.3) is 0 Å². The fourth-order valence-electron chi connectivity index (χ4n) is 0.581. The zero-order chi connectivity index (χ0) is 12.1. The van der Waals surface area contributed by atoms with Gasteiger partial charge in [0.25, 0.3) is 0 Å². The van der Waals surface area contributed by atoms with Crippen LogP contribution >= 0.6 is 0 Å². The molecule has 0 aromatic heterocycles. The van der Waals surface area contributed by atoms with Gasteiger partial charge in [-0.2, -0.15) is 13.1 Å². The van der Waals surface area contributed by atoms with E-state index in [0.29, 0.717) is 0 Å². The molecular weight excluding hydrogens is 224 g/mol. The largest absolute Gasteiger partial charge is 0.446 e. The molecule has 0 aromatic rings. The summed E-state index contributed by atoms with van der Waals surface area (Å²) in [5.41, 5.74) is 0. The molecule has 0 heterocycles. The van der Waals surface area contributed by atoms with Gasteiger partial charge >= 0.3 is 16.3 Å². The number of carbonyl (C=O) groups excluding carboxylic acids is 2. The number of ketones is 1. The van der Waals surface area contributed by atoms with Crippen LogP contribution < -0.4 is 9.44 Å². The smallest absolute Gasteiger partial charge is 0.422 e. The number of hydrogen-bond acceptors (Lipinski definition) is 5. The Morgan fingerprint density at radius 2 is 1.87 bits per heavy atom. The Morgan fingerprint density at radius 3 is 2.27 bits per heavy atom. The Balaban J connectivity index is 4.14. The van der Waals surface area contributed by atoms with Crippen LogP contribution in [-0.2, 0) is 19.7 Å².